The van der Waals surface area contributed by atoms with E-state index in [1.165, 1.54) is 0 Å². The van der Waals surface area contributed by atoms with Crippen LogP contribution in [-0.4, -0.2) is 25.3 Å². The molecule has 1 heterocycles. The van der Waals surface area contributed by atoms with Crippen LogP contribution in [0.3, 0.4) is 0 Å². The molecule has 4 nitrogen and oxygen atoms in total. The fraction of sp³-hybridized carbons (Fsp3) is 0.364. The summed E-state index contributed by atoms with van der Waals surface area (Å²) in [7, 11) is 0. The molecule has 1 atom stereocenters. The summed E-state index contributed by atoms with van der Waals surface area (Å²) in [4.78, 5) is 11.5. The van der Waals surface area contributed by atoms with Gasteiger partial charge in [0.05, 0.1) is 13.2 Å². The smallest absolute Gasteiger partial charge is 0.328 e. The van der Waals surface area contributed by atoms with Crippen molar-refractivity contribution < 1.29 is 14.3 Å². The van der Waals surface area contributed by atoms with Crippen molar-refractivity contribution in [2.24, 2.45) is 5.73 Å². The molecule has 0 amide bonds. The first kappa shape index (κ1) is 10.1. The summed E-state index contributed by atoms with van der Waals surface area (Å²) < 4.78 is 10.0. The van der Waals surface area contributed by atoms with Crippen LogP contribution < -0.4 is 5.73 Å². The largest absolute Gasteiger partial charge is 0.456 e. The minimum atomic E-state index is -0.702. The Morgan fingerprint density at radius 3 is 2.60 bits per heavy atom. The van der Waals surface area contributed by atoms with Crippen LogP contribution in [0.1, 0.15) is 11.6 Å². The summed E-state index contributed by atoms with van der Waals surface area (Å²) >= 11 is 0. The van der Waals surface area contributed by atoms with E-state index >= 15 is 0 Å². The van der Waals surface area contributed by atoms with E-state index in [1.807, 2.05) is 30.3 Å². The summed E-state index contributed by atoms with van der Waals surface area (Å²) in [5.74, 6) is -0.394. The SMILES string of the molecule is N[C@@H](C(=O)OC1COC1)c1ccccc1. The zero-order valence-electron chi connectivity index (χ0n) is 8.26. The van der Waals surface area contributed by atoms with E-state index in [1.54, 1.807) is 0 Å². The zero-order chi connectivity index (χ0) is 10.7. The molecule has 1 aromatic rings. The number of hydrogen-bond donors (Lipinski definition) is 1. The van der Waals surface area contributed by atoms with Crippen LogP contribution in [0, 0.1) is 0 Å². The minimum Gasteiger partial charge on any atom is -0.456 e. The highest BCUT2D eigenvalue weighted by Gasteiger charge is 2.26. The molecule has 0 aliphatic carbocycles. The lowest BCUT2D eigenvalue weighted by molar-refractivity contribution is -0.173. The molecule has 80 valence electrons. The molecule has 0 bridgehead atoms. The van der Waals surface area contributed by atoms with Crippen molar-refractivity contribution in [1.29, 1.82) is 0 Å². The van der Waals surface area contributed by atoms with Gasteiger partial charge in [0.15, 0.2) is 0 Å². The Morgan fingerprint density at radius 1 is 1.40 bits per heavy atom. The van der Waals surface area contributed by atoms with Gasteiger partial charge < -0.3 is 15.2 Å². The maximum Gasteiger partial charge on any atom is 0.328 e. The Labute approximate surface area is 88.0 Å². The van der Waals surface area contributed by atoms with Crippen LogP contribution in [0.5, 0.6) is 0 Å². The molecule has 1 fully saturated rings. The van der Waals surface area contributed by atoms with E-state index in [0.29, 0.717) is 13.2 Å². The number of hydrogen-bond acceptors (Lipinski definition) is 4. The molecular weight excluding hydrogens is 194 g/mol. The lowest BCUT2D eigenvalue weighted by atomic mass is 10.1. The van der Waals surface area contributed by atoms with Gasteiger partial charge in [-0.25, -0.2) is 4.79 Å². The Kier molecular flexibility index (Phi) is 2.99. The number of esters is 1. The molecule has 2 rings (SSSR count). The lowest BCUT2D eigenvalue weighted by Gasteiger charge is -2.26. The van der Waals surface area contributed by atoms with Crippen LogP contribution in [0.25, 0.3) is 0 Å². The predicted molar refractivity (Wildman–Crippen MR) is 54.1 cm³/mol. The third-order valence-electron chi connectivity index (χ3n) is 2.30. The Balaban J connectivity index is 1.94. The quantitative estimate of drug-likeness (QED) is 0.738. The fourth-order valence-corrected chi connectivity index (χ4v) is 1.32. The molecule has 1 aliphatic rings. The third kappa shape index (κ3) is 2.34. The maximum absolute atomic E-state index is 11.5. The van der Waals surface area contributed by atoms with Crippen LogP contribution in [0.4, 0.5) is 0 Å². The molecular formula is C11H13NO3. The average Bonchev–Trinajstić information content (AvgIpc) is 2.23. The Bertz CT molecular complexity index is 335. The van der Waals surface area contributed by atoms with E-state index in [0.717, 1.165) is 5.56 Å². The van der Waals surface area contributed by atoms with Crippen molar-refractivity contribution in [3.05, 3.63) is 35.9 Å². The fourth-order valence-electron chi connectivity index (χ4n) is 1.32. The molecule has 0 saturated carbocycles. The number of benzene rings is 1. The van der Waals surface area contributed by atoms with Gasteiger partial charge >= 0.3 is 5.97 Å². The first-order valence-electron chi connectivity index (χ1n) is 4.86. The highest BCUT2D eigenvalue weighted by atomic mass is 16.6. The first-order valence-corrected chi connectivity index (χ1v) is 4.86. The first-order chi connectivity index (χ1) is 7.27. The number of carbonyl (C=O) groups is 1. The van der Waals surface area contributed by atoms with Crippen molar-refractivity contribution in [2.45, 2.75) is 12.1 Å². The van der Waals surface area contributed by atoms with Crippen molar-refractivity contribution in [3.8, 4) is 0 Å². The molecule has 1 aliphatic heterocycles. The van der Waals surface area contributed by atoms with Gasteiger partial charge in [0.1, 0.15) is 12.1 Å². The molecule has 15 heavy (non-hydrogen) atoms. The summed E-state index contributed by atoms with van der Waals surface area (Å²) in [6, 6.07) is 8.48. The number of nitrogens with two attached hydrogens (primary N) is 1. The highest BCUT2D eigenvalue weighted by molar-refractivity contribution is 5.77. The van der Waals surface area contributed by atoms with E-state index in [4.69, 9.17) is 15.2 Å². The predicted octanol–water partition coefficient (Wildman–Crippen LogP) is 0.628. The van der Waals surface area contributed by atoms with E-state index in [9.17, 15) is 4.79 Å². The molecule has 4 heteroatoms. The molecule has 0 spiro atoms. The van der Waals surface area contributed by atoms with Crippen molar-refractivity contribution in [1.82, 2.24) is 0 Å². The Hall–Kier alpha value is -1.39. The molecule has 0 aromatic heterocycles. The van der Waals surface area contributed by atoms with Gasteiger partial charge in [-0.15, -0.1) is 0 Å². The van der Waals surface area contributed by atoms with Crippen molar-refractivity contribution in [2.75, 3.05) is 13.2 Å². The summed E-state index contributed by atoms with van der Waals surface area (Å²) in [6.07, 6.45) is -0.118. The van der Waals surface area contributed by atoms with E-state index in [2.05, 4.69) is 0 Å². The van der Waals surface area contributed by atoms with Gasteiger partial charge in [-0.05, 0) is 5.56 Å². The highest BCUT2D eigenvalue weighted by Crippen LogP contribution is 2.14. The summed E-state index contributed by atoms with van der Waals surface area (Å²) in [6.45, 7) is 0.959. The molecule has 1 aromatic carbocycles. The number of ether oxygens (including phenoxy) is 2. The lowest BCUT2D eigenvalue weighted by Crippen LogP contribution is -2.40. The molecule has 2 N–H and O–H groups in total. The van der Waals surface area contributed by atoms with Gasteiger partial charge in [-0.2, -0.15) is 0 Å². The third-order valence-corrected chi connectivity index (χ3v) is 2.30. The van der Waals surface area contributed by atoms with Gasteiger partial charge in [0.25, 0.3) is 0 Å². The van der Waals surface area contributed by atoms with Gasteiger partial charge in [0, 0.05) is 0 Å². The van der Waals surface area contributed by atoms with Crippen LogP contribution in [0.2, 0.25) is 0 Å². The topological polar surface area (TPSA) is 61.6 Å². The second kappa shape index (κ2) is 4.42. The van der Waals surface area contributed by atoms with Crippen LogP contribution in [-0.2, 0) is 14.3 Å². The van der Waals surface area contributed by atoms with Gasteiger partial charge in [-0.1, -0.05) is 30.3 Å². The van der Waals surface area contributed by atoms with Crippen LogP contribution >= 0.6 is 0 Å². The molecule has 0 unspecified atom stereocenters. The zero-order valence-corrected chi connectivity index (χ0v) is 8.26. The van der Waals surface area contributed by atoms with Gasteiger partial charge in [-0.3, -0.25) is 0 Å². The summed E-state index contributed by atoms with van der Waals surface area (Å²) in [5, 5.41) is 0. The van der Waals surface area contributed by atoms with Crippen molar-refractivity contribution >= 4 is 5.97 Å². The average molecular weight is 207 g/mol. The number of carbonyl (C=O) groups excluding carboxylic acids is 1. The summed E-state index contributed by atoms with van der Waals surface area (Å²) in [5.41, 5.74) is 6.52. The monoisotopic (exact) mass is 207 g/mol. The Morgan fingerprint density at radius 2 is 2.07 bits per heavy atom. The maximum atomic E-state index is 11.5. The van der Waals surface area contributed by atoms with Crippen LogP contribution in [0.15, 0.2) is 30.3 Å². The minimum absolute atomic E-state index is 0.118. The molecule has 0 radical (unpaired) electrons. The second-order valence-electron chi connectivity index (χ2n) is 3.48. The molecule has 1 saturated heterocycles. The number of rotatable bonds is 3. The van der Waals surface area contributed by atoms with E-state index < -0.39 is 12.0 Å². The normalized spacial score (nSPS) is 17.9. The van der Waals surface area contributed by atoms with Crippen molar-refractivity contribution in [3.63, 3.8) is 0 Å². The van der Waals surface area contributed by atoms with Gasteiger partial charge in [0.2, 0.25) is 0 Å². The second-order valence-corrected chi connectivity index (χ2v) is 3.48. The standard InChI is InChI=1S/C11H13NO3/c12-10(8-4-2-1-3-5-8)11(13)15-9-6-14-7-9/h1-5,9-10H,6-7,12H2/t10-/m1/s1. The van der Waals surface area contributed by atoms with E-state index in [-0.39, 0.29) is 6.10 Å².